The van der Waals surface area contributed by atoms with Gasteiger partial charge in [-0.1, -0.05) is 54.7 Å². The second-order valence-corrected chi connectivity index (χ2v) is 10.3. The summed E-state index contributed by atoms with van der Waals surface area (Å²) in [5.74, 6) is 0.615. The summed E-state index contributed by atoms with van der Waals surface area (Å²) < 4.78 is 0. The van der Waals surface area contributed by atoms with Crippen LogP contribution in [0.1, 0.15) is 52.0 Å². The second kappa shape index (κ2) is 14.1. The largest absolute Gasteiger partial charge is 0.352 e. The molecule has 0 fully saturated rings. The lowest BCUT2D eigenvalue weighted by Gasteiger charge is -2.31. The number of carbonyl (C=O) groups excluding carboxylic acids is 2. The fraction of sp³-hybridized carbons (Fsp3) is 0.440. The molecule has 2 amide bonds. The molecule has 0 aliphatic heterocycles. The van der Waals surface area contributed by atoms with E-state index >= 15 is 0 Å². The van der Waals surface area contributed by atoms with Crippen molar-refractivity contribution in [2.75, 3.05) is 5.75 Å². The van der Waals surface area contributed by atoms with Gasteiger partial charge in [-0.2, -0.15) is 0 Å². The minimum Gasteiger partial charge on any atom is -0.352 e. The highest BCUT2D eigenvalue weighted by molar-refractivity contribution is 7.99. The lowest BCUT2D eigenvalue weighted by Crippen LogP contribution is -2.50. The van der Waals surface area contributed by atoms with Crippen LogP contribution in [0.15, 0.2) is 47.4 Å². The number of nitrogens with zero attached hydrogens (tertiary/aromatic N) is 1. The van der Waals surface area contributed by atoms with Gasteiger partial charge in [-0.15, -0.1) is 11.8 Å². The lowest BCUT2D eigenvalue weighted by atomic mass is 10.1. The first-order valence-electron chi connectivity index (χ1n) is 11.2. The molecule has 2 rings (SSSR count). The summed E-state index contributed by atoms with van der Waals surface area (Å²) in [5, 5.41) is 4.61. The first-order valence-corrected chi connectivity index (χ1v) is 13.3. The highest BCUT2D eigenvalue weighted by atomic mass is 35.5. The van der Waals surface area contributed by atoms with Gasteiger partial charge < -0.3 is 10.2 Å². The van der Waals surface area contributed by atoms with Crippen molar-refractivity contribution >= 4 is 58.4 Å². The summed E-state index contributed by atoms with van der Waals surface area (Å²) >= 11 is 19.9. The Morgan fingerprint density at radius 2 is 1.70 bits per heavy atom. The van der Waals surface area contributed by atoms with E-state index in [9.17, 15) is 9.59 Å². The van der Waals surface area contributed by atoms with Crippen molar-refractivity contribution in [1.82, 2.24) is 10.2 Å². The van der Waals surface area contributed by atoms with Crippen LogP contribution in [0.2, 0.25) is 15.1 Å². The Hall–Kier alpha value is -1.40. The number of amides is 2. The molecule has 0 unspecified atom stereocenters. The molecule has 0 aromatic heterocycles. The van der Waals surface area contributed by atoms with Crippen LogP contribution < -0.4 is 5.32 Å². The maximum atomic E-state index is 13.3. The van der Waals surface area contributed by atoms with Crippen LogP contribution in [0.4, 0.5) is 0 Å². The van der Waals surface area contributed by atoms with Gasteiger partial charge in [0, 0.05) is 28.9 Å². The molecule has 180 valence electrons. The van der Waals surface area contributed by atoms with E-state index in [0.717, 1.165) is 22.6 Å². The summed E-state index contributed by atoms with van der Waals surface area (Å²) in [7, 11) is 0. The van der Waals surface area contributed by atoms with Crippen LogP contribution in [0.3, 0.4) is 0 Å². The molecule has 33 heavy (non-hydrogen) atoms. The van der Waals surface area contributed by atoms with E-state index in [4.69, 9.17) is 34.8 Å². The Balaban J connectivity index is 2.09. The van der Waals surface area contributed by atoms with Crippen molar-refractivity contribution in [3.05, 3.63) is 63.1 Å². The average Bonchev–Trinajstić information content (AvgIpc) is 2.79. The van der Waals surface area contributed by atoms with Crippen molar-refractivity contribution in [1.29, 1.82) is 0 Å². The monoisotopic (exact) mass is 528 g/mol. The quantitative estimate of drug-likeness (QED) is 0.233. The Kier molecular flexibility index (Phi) is 11.9. The number of benzene rings is 2. The molecular weight excluding hydrogens is 499 g/mol. The number of hydrogen-bond donors (Lipinski definition) is 1. The van der Waals surface area contributed by atoms with Crippen molar-refractivity contribution < 1.29 is 9.59 Å². The first kappa shape index (κ1) is 27.8. The van der Waals surface area contributed by atoms with E-state index < -0.39 is 6.04 Å². The summed E-state index contributed by atoms with van der Waals surface area (Å²) in [4.78, 5) is 29.0. The van der Waals surface area contributed by atoms with Gasteiger partial charge in [0.2, 0.25) is 11.8 Å². The smallest absolute Gasteiger partial charge is 0.243 e. The predicted octanol–water partition coefficient (Wildman–Crippen LogP) is 7.24. The van der Waals surface area contributed by atoms with Gasteiger partial charge in [-0.05, 0) is 73.9 Å². The van der Waals surface area contributed by atoms with E-state index in [-0.39, 0.29) is 17.9 Å². The van der Waals surface area contributed by atoms with E-state index in [1.165, 1.54) is 0 Å². The van der Waals surface area contributed by atoms with Gasteiger partial charge in [-0.3, -0.25) is 9.59 Å². The molecule has 4 nitrogen and oxygen atoms in total. The van der Waals surface area contributed by atoms with E-state index in [0.29, 0.717) is 40.9 Å². The molecule has 1 N–H and O–H groups in total. The third-order valence-corrected chi connectivity index (χ3v) is 7.43. The number of nitrogens with one attached hydrogen (secondary N) is 1. The van der Waals surface area contributed by atoms with E-state index in [1.807, 2.05) is 51.1 Å². The van der Waals surface area contributed by atoms with Crippen LogP contribution in [0.5, 0.6) is 0 Å². The highest BCUT2D eigenvalue weighted by Crippen LogP contribution is 2.25. The van der Waals surface area contributed by atoms with Gasteiger partial charge in [0.05, 0.1) is 10.0 Å². The fourth-order valence-electron chi connectivity index (χ4n) is 3.28. The van der Waals surface area contributed by atoms with Crippen LogP contribution in [-0.4, -0.2) is 34.6 Å². The maximum Gasteiger partial charge on any atom is 0.243 e. The molecule has 0 bridgehead atoms. The van der Waals surface area contributed by atoms with Gasteiger partial charge in [0.1, 0.15) is 6.04 Å². The van der Waals surface area contributed by atoms with Gasteiger partial charge in [0.25, 0.3) is 0 Å². The predicted molar refractivity (Wildman–Crippen MR) is 140 cm³/mol. The number of hydrogen-bond acceptors (Lipinski definition) is 3. The summed E-state index contributed by atoms with van der Waals surface area (Å²) in [6.45, 7) is 6.20. The molecule has 0 heterocycles. The Labute approximate surface area is 216 Å². The van der Waals surface area contributed by atoms with Crippen LogP contribution >= 0.6 is 46.6 Å². The summed E-state index contributed by atoms with van der Waals surface area (Å²) in [6.07, 6.45) is 2.40. The summed E-state index contributed by atoms with van der Waals surface area (Å²) in [5.41, 5.74) is 0.836. The Bertz CT molecular complexity index is 924. The Morgan fingerprint density at radius 3 is 2.30 bits per heavy atom. The fourth-order valence-corrected chi connectivity index (χ4v) is 4.58. The minimum absolute atomic E-state index is 0.0456. The molecular formula is C25H31Cl3N2O2S. The molecule has 0 aliphatic carbocycles. The number of halogens is 3. The van der Waals surface area contributed by atoms with Crippen molar-refractivity contribution in [3.63, 3.8) is 0 Å². The molecule has 2 atom stereocenters. The number of thioether (sulfide) groups is 1. The molecule has 2 aromatic carbocycles. The molecule has 0 aliphatic rings. The lowest BCUT2D eigenvalue weighted by molar-refractivity contribution is -0.141. The maximum absolute atomic E-state index is 13.3. The van der Waals surface area contributed by atoms with Crippen molar-refractivity contribution in [2.24, 2.45) is 0 Å². The zero-order chi connectivity index (χ0) is 24.4. The molecule has 0 saturated carbocycles. The third-order valence-electron chi connectivity index (χ3n) is 5.34. The van der Waals surface area contributed by atoms with Crippen LogP contribution in [0, 0.1) is 0 Å². The zero-order valence-corrected chi connectivity index (χ0v) is 22.3. The zero-order valence-electron chi connectivity index (χ0n) is 19.2. The first-order chi connectivity index (χ1) is 15.7. The van der Waals surface area contributed by atoms with E-state index in [1.54, 1.807) is 28.8 Å². The van der Waals surface area contributed by atoms with Gasteiger partial charge >= 0.3 is 0 Å². The molecule has 2 aromatic rings. The van der Waals surface area contributed by atoms with Crippen LogP contribution in [0.25, 0.3) is 0 Å². The normalized spacial score (nSPS) is 12.8. The standard InChI is InChI=1S/C25H31Cl3N2O2S/c1-4-17(3)29-25(32)23(5-2)30(16-18-8-13-21(27)22(28)15-18)24(31)7-6-14-33-20-11-9-19(26)10-12-20/h8-13,15,17,23H,4-7,14,16H2,1-3H3,(H,29,32)/t17-,23-/m0/s1. The molecule has 0 saturated heterocycles. The average molecular weight is 530 g/mol. The Morgan fingerprint density at radius 1 is 1.00 bits per heavy atom. The SMILES string of the molecule is CC[C@H](C)NC(=O)[C@H](CC)N(Cc1ccc(Cl)c(Cl)c1)C(=O)CCCSc1ccc(Cl)cc1. The third kappa shape index (κ3) is 9.05. The number of rotatable bonds is 12. The summed E-state index contributed by atoms with van der Waals surface area (Å²) in [6, 6.07) is 12.4. The molecule has 0 spiro atoms. The van der Waals surface area contributed by atoms with Crippen molar-refractivity contribution in [3.8, 4) is 0 Å². The second-order valence-electron chi connectivity index (χ2n) is 7.92. The van der Waals surface area contributed by atoms with Gasteiger partial charge in [0.15, 0.2) is 0 Å². The van der Waals surface area contributed by atoms with E-state index in [2.05, 4.69) is 5.32 Å². The van der Waals surface area contributed by atoms with Crippen LogP contribution in [-0.2, 0) is 16.1 Å². The topological polar surface area (TPSA) is 49.4 Å². The minimum atomic E-state index is -0.551. The molecule has 8 heteroatoms. The van der Waals surface area contributed by atoms with Crippen molar-refractivity contribution in [2.45, 2.75) is 70.0 Å². The highest BCUT2D eigenvalue weighted by Gasteiger charge is 2.29. The number of carbonyl (C=O) groups is 2. The molecule has 0 radical (unpaired) electrons. The van der Waals surface area contributed by atoms with Gasteiger partial charge in [-0.25, -0.2) is 0 Å².